The van der Waals surface area contributed by atoms with Gasteiger partial charge in [0.2, 0.25) is 5.91 Å². The van der Waals surface area contributed by atoms with Gasteiger partial charge in [-0.2, -0.15) is 5.10 Å². The molecule has 0 fully saturated rings. The first-order valence-electron chi connectivity index (χ1n) is 6.42. The maximum absolute atomic E-state index is 11.7. The van der Waals surface area contributed by atoms with Crippen molar-refractivity contribution in [3.8, 4) is 0 Å². The molecule has 3 rings (SSSR count). The number of amides is 1. The van der Waals surface area contributed by atoms with E-state index in [0.717, 1.165) is 12.1 Å². The first kappa shape index (κ1) is 11.3. The first-order chi connectivity index (χ1) is 8.65. The highest BCUT2D eigenvalue weighted by Gasteiger charge is 2.31. The summed E-state index contributed by atoms with van der Waals surface area (Å²) in [5.41, 5.74) is 3.42. The molecule has 0 saturated carbocycles. The lowest BCUT2D eigenvalue weighted by molar-refractivity contribution is -0.116. The molecule has 94 valence electrons. The van der Waals surface area contributed by atoms with E-state index in [1.165, 1.54) is 11.1 Å². The summed E-state index contributed by atoms with van der Waals surface area (Å²) in [6.07, 6.45) is 7.73. The molecule has 0 bridgehead atoms. The first-order valence-corrected chi connectivity index (χ1v) is 6.42. The average Bonchev–Trinajstić information content (AvgIpc) is 2.58. The number of carbonyl (C=O) groups is 1. The van der Waals surface area contributed by atoms with Gasteiger partial charge in [-0.3, -0.25) is 9.89 Å². The van der Waals surface area contributed by atoms with Crippen molar-refractivity contribution in [2.24, 2.45) is 5.92 Å². The Morgan fingerprint density at radius 2 is 2.28 bits per heavy atom. The second-order valence-corrected chi connectivity index (χ2v) is 5.42. The molecule has 4 heteroatoms. The zero-order valence-corrected chi connectivity index (χ0v) is 10.7. The summed E-state index contributed by atoms with van der Waals surface area (Å²) >= 11 is 0. The summed E-state index contributed by atoms with van der Waals surface area (Å²) < 4.78 is 0. The number of hydrogen-bond acceptors (Lipinski definition) is 2. The molecule has 1 aliphatic carbocycles. The number of anilines is 1. The number of carbonyl (C=O) groups excluding carboxylic acids is 1. The van der Waals surface area contributed by atoms with Crippen LogP contribution in [0.15, 0.2) is 18.2 Å². The van der Waals surface area contributed by atoms with Crippen molar-refractivity contribution >= 4 is 17.3 Å². The predicted molar refractivity (Wildman–Crippen MR) is 71.1 cm³/mol. The summed E-state index contributed by atoms with van der Waals surface area (Å²) in [5.74, 6) is 1.64. The Morgan fingerprint density at radius 3 is 2.89 bits per heavy atom. The lowest BCUT2D eigenvalue weighted by Crippen LogP contribution is -2.24. The molecule has 0 aromatic carbocycles. The van der Waals surface area contributed by atoms with Crippen molar-refractivity contribution in [2.75, 3.05) is 5.32 Å². The molecule has 2 N–H and O–H groups in total. The molecule has 0 spiro atoms. The zero-order valence-electron chi connectivity index (χ0n) is 10.7. The van der Waals surface area contributed by atoms with Crippen LogP contribution in [-0.4, -0.2) is 16.1 Å². The minimum Gasteiger partial charge on any atom is -0.309 e. The second kappa shape index (κ2) is 4.12. The number of rotatable bonds is 3. The molecular formula is C14H17N3O. The Labute approximate surface area is 106 Å². The van der Waals surface area contributed by atoms with E-state index >= 15 is 0 Å². The highest BCUT2D eigenvalue weighted by molar-refractivity contribution is 5.95. The van der Waals surface area contributed by atoms with E-state index in [9.17, 15) is 4.79 Å². The van der Waals surface area contributed by atoms with Crippen molar-refractivity contribution in [3.63, 3.8) is 0 Å². The molecule has 1 atom stereocenters. The van der Waals surface area contributed by atoms with Crippen molar-refractivity contribution in [3.05, 3.63) is 29.5 Å². The van der Waals surface area contributed by atoms with Crippen LogP contribution in [0.3, 0.4) is 0 Å². The van der Waals surface area contributed by atoms with E-state index in [1.54, 1.807) is 0 Å². The number of H-pyrrole nitrogens is 1. The lowest BCUT2D eigenvalue weighted by atomic mass is 9.83. The van der Waals surface area contributed by atoms with E-state index in [1.807, 2.05) is 6.08 Å². The number of nitrogens with one attached hydrogen (secondary N) is 2. The van der Waals surface area contributed by atoms with Gasteiger partial charge < -0.3 is 5.32 Å². The van der Waals surface area contributed by atoms with Gasteiger partial charge in [0, 0.05) is 12.0 Å². The Bertz CT molecular complexity index is 551. The zero-order chi connectivity index (χ0) is 12.7. The Hall–Kier alpha value is -1.84. The number of aromatic amines is 1. The fraction of sp³-hybridized carbons (Fsp3) is 0.429. The molecule has 0 radical (unpaired) electrons. The molecular weight excluding hydrogens is 226 g/mol. The van der Waals surface area contributed by atoms with Crippen LogP contribution in [0.25, 0.3) is 5.57 Å². The van der Waals surface area contributed by atoms with E-state index < -0.39 is 0 Å². The van der Waals surface area contributed by atoms with Crippen LogP contribution in [-0.2, 0) is 4.79 Å². The molecule has 1 aliphatic heterocycles. The smallest absolute Gasteiger partial charge is 0.226 e. The third kappa shape index (κ3) is 1.78. The van der Waals surface area contributed by atoms with Crippen LogP contribution in [0.4, 0.5) is 5.82 Å². The molecule has 1 amide bonds. The SMILES string of the molecule is CC(C)CC1CC(=O)Nc2n[nH]c(C3=CC=C3)c21. The number of fused-ring (bicyclic) bond motifs is 1. The lowest BCUT2D eigenvalue weighted by Gasteiger charge is -2.25. The highest BCUT2D eigenvalue weighted by atomic mass is 16.1. The van der Waals surface area contributed by atoms with Crippen LogP contribution >= 0.6 is 0 Å². The fourth-order valence-corrected chi connectivity index (χ4v) is 2.70. The Kier molecular flexibility index (Phi) is 2.58. The van der Waals surface area contributed by atoms with Crippen LogP contribution in [0.2, 0.25) is 0 Å². The fourth-order valence-electron chi connectivity index (χ4n) is 2.70. The maximum Gasteiger partial charge on any atom is 0.226 e. The highest BCUT2D eigenvalue weighted by Crippen LogP contribution is 2.40. The molecule has 1 unspecified atom stereocenters. The minimum absolute atomic E-state index is 0.0735. The van der Waals surface area contributed by atoms with Gasteiger partial charge in [0.25, 0.3) is 0 Å². The molecule has 2 aliphatic rings. The van der Waals surface area contributed by atoms with Crippen LogP contribution in [0.5, 0.6) is 0 Å². The largest absolute Gasteiger partial charge is 0.309 e. The maximum atomic E-state index is 11.7. The van der Waals surface area contributed by atoms with Gasteiger partial charge in [0.1, 0.15) is 0 Å². The van der Waals surface area contributed by atoms with E-state index in [0.29, 0.717) is 18.2 Å². The summed E-state index contributed by atoms with van der Waals surface area (Å²) in [6.45, 7) is 4.38. The summed E-state index contributed by atoms with van der Waals surface area (Å²) in [6, 6.07) is 0. The van der Waals surface area contributed by atoms with Gasteiger partial charge in [-0.25, -0.2) is 0 Å². The Morgan fingerprint density at radius 1 is 1.50 bits per heavy atom. The van der Waals surface area contributed by atoms with Crippen LogP contribution in [0, 0.1) is 5.92 Å². The molecule has 2 heterocycles. The molecule has 1 aromatic heterocycles. The monoisotopic (exact) mass is 243 g/mol. The number of hydrogen-bond donors (Lipinski definition) is 2. The standard InChI is InChI=1S/C14H17N3O/c1-8(2)6-10-7-11(18)15-14-12(10)13(16-17-14)9-4-3-5-9/h3-5,8,10H,6-7H2,1-2H3,(H2,15,16,17,18). The number of nitrogens with zero attached hydrogens (tertiary/aromatic N) is 1. The third-order valence-corrected chi connectivity index (χ3v) is 3.50. The van der Waals surface area contributed by atoms with Crippen molar-refractivity contribution in [1.29, 1.82) is 0 Å². The van der Waals surface area contributed by atoms with E-state index in [4.69, 9.17) is 0 Å². The summed E-state index contributed by atoms with van der Waals surface area (Å²) in [5, 5.41) is 10.1. The van der Waals surface area contributed by atoms with Crippen LogP contribution < -0.4 is 5.32 Å². The Balaban J connectivity index is 2.00. The van der Waals surface area contributed by atoms with Gasteiger partial charge in [0.05, 0.1) is 5.69 Å². The van der Waals surface area contributed by atoms with Gasteiger partial charge >= 0.3 is 0 Å². The van der Waals surface area contributed by atoms with Gasteiger partial charge in [-0.05, 0) is 23.8 Å². The normalized spacial score (nSPS) is 21.4. The summed E-state index contributed by atoms with van der Waals surface area (Å²) in [4.78, 5) is 11.7. The van der Waals surface area contributed by atoms with Crippen molar-refractivity contribution in [2.45, 2.75) is 32.6 Å². The molecule has 4 nitrogen and oxygen atoms in total. The van der Waals surface area contributed by atoms with Gasteiger partial charge in [-0.15, -0.1) is 0 Å². The molecule has 0 saturated heterocycles. The van der Waals surface area contributed by atoms with Crippen molar-refractivity contribution in [1.82, 2.24) is 10.2 Å². The number of allylic oxidation sites excluding steroid dienone is 4. The van der Waals surface area contributed by atoms with Gasteiger partial charge in [-0.1, -0.05) is 32.1 Å². The van der Waals surface area contributed by atoms with Gasteiger partial charge in [0.15, 0.2) is 5.82 Å². The van der Waals surface area contributed by atoms with E-state index in [2.05, 4.69) is 41.5 Å². The minimum atomic E-state index is 0.0735. The van der Waals surface area contributed by atoms with E-state index in [-0.39, 0.29) is 11.8 Å². The van der Waals surface area contributed by atoms with Crippen molar-refractivity contribution < 1.29 is 4.79 Å². The topological polar surface area (TPSA) is 57.8 Å². The summed E-state index contributed by atoms with van der Waals surface area (Å²) in [7, 11) is 0. The average molecular weight is 243 g/mol. The molecule has 18 heavy (non-hydrogen) atoms. The quantitative estimate of drug-likeness (QED) is 0.857. The second-order valence-electron chi connectivity index (χ2n) is 5.42. The predicted octanol–water partition coefficient (Wildman–Crippen LogP) is 2.83. The van der Waals surface area contributed by atoms with Crippen LogP contribution in [0.1, 0.15) is 43.9 Å². The number of aromatic nitrogens is 2. The molecule has 1 aromatic rings. The third-order valence-electron chi connectivity index (χ3n) is 3.50.